The smallest absolute Gasteiger partial charge is 0 e. The number of rotatable bonds is 0. The van der Waals surface area contributed by atoms with Crippen LogP contribution in [0, 0.1) is 7.43 Å². The molecule has 0 nitrogen and oxygen atoms in total. The molecule has 0 spiro atoms. The summed E-state index contributed by atoms with van der Waals surface area (Å²) < 4.78 is 0. The van der Waals surface area contributed by atoms with Crippen LogP contribution in [-0.2, 0) is 72.9 Å². The van der Waals surface area contributed by atoms with Gasteiger partial charge >= 0.3 is 0 Å². The number of hydrogen-bond donors (Lipinski definition) is 0. The Bertz CT molecular complexity index is 24.0. The minimum atomic E-state index is 0. The van der Waals surface area contributed by atoms with Gasteiger partial charge in [0.25, 0.3) is 0 Å². The zero-order chi connectivity index (χ0) is 0. The molecule has 0 rings (SSSR count). The fourth-order valence-corrected chi connectivity index (χ4v) is 0. The first-order valence-corrected chi connectivity index (χ1v) is 0. The van der Waals surface area contributed by atoms with Crippen molar-refractivity contribution < 1.29 is 72.9 Å². The van der Waals surface area contributed by atoms with Crippen LogP contribution < -0.4 is 0 Å². The Morgan fingerprint density at radius 3 is 1.00 bits per heavy atom. The third-order valence-electron chi connectivity index (χ3n) is 0. The molecule has 0 heterocycles. The molecule has 0 aliphatic heterocycles. The monoisotopic (exact) mass is 321 g/mol. The van der Waals surface area contributed by atoms with Crippen molar-refractivity contribution in [3.63, 3.8) is 0 Å². The van der Waals surface area contributed by atoms with Gasteiger partial charge in [0.05, 0.1) is 0 Å². The van der Waals surface area contributed by atoms with E-state index < -0.39 is 0 Å². The minimum absolute atomic E-state index is 0. The maximum Gasteiger partial charge on any atom is 0 e. The van der Waals surface area contributed by atoms with E-state index in [2.05, 4.69) is 0 Å². The van der Waals surface area contributed by atoms with Crippen molar-refractivity contribution in [2.75, 3.05) is 0 Å². The molecule has 0 saturated heterocycles. The van der Waals surface area contributed by atoms with Crippen molar-refractivity contribution >= 4 is 41.8 Å². The van der Waals surface area contributed by atoms with Crippen LogP contribution in [-0.4, -0.2) is 28.3 Å². The van der Waals surface area contributed by atoms with E-state index in [0.29, 0.717) is 0 Å². The average molecular weight is 321 g/mol. The molecule has 0 aromatic heterocycles. The van der Waals surface area contributed by atoms with Gasteiger partial charge < -0.3 is 0 Å². The fraction of sp³-hybridized carbons (Fsp3) is 0. The molecule has 15 radical (unpaired) electrons. The summed E-state index contributed by atoms with van der Waals surface area (Å²) >= 11 is 0. The summed E-state index contributed by atoms with van der Waals surface area (Å²) in [6.45, 7) is 0. The van der Waals surface area contributed by atoms with Gasteiger partial charge in [0.2, 0.25) is 0 Å². The second-order valence-electron chi connectivity index (χ2n) is 0. The Kier molecular flexibility index (Phi) is 1080. The van der Waals surface area contributed by atoms with Gasteiger partial charge in [-0.3, -0.25) is 0 Å². The van der Waals surface area contributed by atoms with Gasteiger partial charge in [0, 0.05) is 122 Å². The molecule has 8 heavy (non-hydrogen) atoms. The summed E-state index contributed by atoms with van der Waals surface area (Å²) in [6.07, 6.45) is 0. The van der Waals surface area contributed by atoms with Crippen LogP contribution in [0.3, 0.4) is 0 Å². The van der Waals surface area contributed by atoms with Crippen molar-refractivity contribution in [1.29, 1.82) is 0 Å². The molecule has 0 aromatic carbocycles. The van der Waals surface area contributed by atoms with E-state index in [1.807, 2.05) is 0 Å². The van der Waals surface area contributed by atoms with Gasteiger partial charge in [-0.25, -0.2) is 0 Å². The molecular formula is CAlCuFeMnSSiTi. The molecule has 0 fully saturated rings. The van der Waals surface area contributed by atoms with Crippen LogP contribution >= 0.6 is 13.5 Å². The van der Waals surface area contributed by atoms with Gasteiger partial charge in [-0.05, 0) is 0 Å². The molecule has 0 saturated carbocycles. The largest absolute Gasteiger partial charge is 0 e. The standard InChI is InChI=1S/C.Al.Cu.Fe.Mn.S.Si.Ti. The molecule has 0 aliphatic carbocycles. The quantitative estimate of drug-likeness (QED) is 0.549. The SMILES string of the molecule is [Al].[C].[Cu].[Fe].[Mn].[S].[Si].[Ti]. The molecule has 7 heteroatoms. The van der Waals surface area contributed by atoms with E-state index in [1.54, 1.807) is 0 Å². The second-order valence-corrected chi connectivity index (χ2v) is 0. The van der Waals surface area contributed by atoms with Gasteiger partial charge in [0.15, 0.2) is 0 Å². The van der Waals surface area contributed by atoms with Crippen LogP contribution in [0.15, 0.2) is 0 Å². The maximum absolute atomic E-state index is 0. The van der Waals surface area contributed by atoms with Gasteiger partial charge in [-0.2, -0.15) is 0 Å². The van der Waals surface area contributed by atoms with Crippen molar-refractivity contribution in [1.82, 2.24) is 0 Å². The van der Waals surface area contributed by atoms with E-state index in [9.17, 15) is 0 Å². The molecular weight excluding hydrogens is 321 g/mol. The topological polar surface area (TPSA) is 0 Å². The zero-order valence-electron chi connectivity index (χ0n) is 3.52. The first-order chi connectivity index (χ1) is 0. The summed E-state index contributed by atoms with van der Waals surface area (Å²) in [4.78, 5) is 0. The first kappa shape index (κ1) is 108. The molecule has 0 amide bonds. The molecule has 0 aliphatic rings. The summed E-state index contributed by atoms with van der Waals surface area (Å²) in [6, 6.07) is 0. The average Bonchev–Trinajstić information content (AvgIpc) is 0. The third kappa shape index (κ3) is 57.8. The van der Waals surface area contributed by atoms with Gasteiger partial charge in [-0.1, -0.05) is 0 Å². The maximum atomic E-state index is 0. The second kappa shape index (κ2) is 80.1. The summed E-state index contributed by atoms with van der Waals surface area (Å²) in [5.74, 6) is 0. The Morgan fingerprint density at radius 1 is 1.00 bits per heavy atom. The van der Waals surface area contributed by atoms with Gasteiger partial charge in [0.1, 0.15) is 0 Å². The third-order valence-corrected chi connectivity index (χ3v) is 0. The molecule has 0 bridgehead atoms. The predicted molar refractivity (Wildman–Crippen MR) is 22.3 cm³/mol. The first-order valence-electron chi connectivity index (χ1n) is 0. The van der Waals surface area contributed by atoms with Crippen LogP contribution in [0.25, 0.3) is 0 Å². The minimum Gasteiger partial charge on any atom is 0 e. The Morgan fingerprint density at radius 2 is 1.00 bits per heavy atom. The van der Waals surface area contributed by atoms with E-state index in [1.165, 1.54) is 0 Å². The van der Waals surface area contributed by atoms with E-state index in [4.69, 9.17) is 0 Å². The van der Waals surface area contributed by atoms with Gasteiger partial charge in [-0.15, -0.1) is 0 Å². The molecule has 0 atom stereocenters. The van der Waals surface area contributed by atoms with Crippen LogP contribution in [0.2, 0.25) is 0 Å². The fourth-order valence-electron chi connectivity index (χ4n) is 0. The summed E-state index contributed by atoms with van der Waals surface area (Å²) in [5.41, 5.74) is 0. The van der Waals surface area contributed by atoms with Crippen LogP contribution in [0.4, 0.5) is 0 Å². The molecule has 0 aromatic rings. The van der Waals surface area contributed by atoms with Crippen molar-refractivity contribution in [2.45, 2.75) is 0 Å². The Labute approximate surface area is 120 Å². The Balaban J connectivity index is 0. The Hall–Kier alpha value is 3.37. The van der Waals surface area contributed by atoms with Crippen LogP contribution in [0.5, 0.6) is 0 Å². The summed E-state index contributed by atoms with van der Waals surface area (Å²) in [7, 11) is 0. The van der Waals surface area contributed by atoms with Crippen molar-refractivity contribution in [3.05, 3.63) is 7.43 Å². The summed E-state index contributed by atoms with van der Waals surface area (Å²) in [5, 5.41) is 0. The van der Waals surface area contributed by atoms with Crippen molar-refractivity contribution in [3.8, 4) is 0 Å². The van der Waals surface area contributed by atoms with Crippen LogP contribution in [0.1, 0.15) is 0 Å². The molecule has 0 N–H and O–H groups in total. The molecule has 0 unspecified atom stereocenters. The molecule has 47 valence electrons. The van der Waals surface area contributed by atoms with Crippen molar-refractivity contribution in [2.24, 2.45) is 0 Å². The normalized spacial score (nSPS) is 0. The zero-order valence-corrected chi connectivity index (χ0v) is 11.3. The van der Waals surface area contributed by atoms with E-state index >= 15 is 0 Å². The predicted octanol–water partition coefficient (Wildman–Crippen LogP) is -0.0421. The van der Waals surface area contributed by atoms with E-state index in [0.717, 1.165) is 0 Å². The van der Waals surface area contributed by atoms with E-state index in [-0.39, 0.29) is 122 Å². The number of hydrogen-bond acceptors (Lipinski definition) is 0.